The Labute approximate surface area is 135 Å². The molecule has 2 aliphatic heterocycles. The Balaban J connectivity index is 1.54. The molecule has 1 amide bonds. The lowest BCUT2D eigenvalue weighted by Gasteiger charge is -2.36. The lowest BCUT2D eigenvalue weighted by atomic mass is 10.0. The van der Waals surface area contributed by atoms with Crippen molar-refractivity contribution in [3.8, 4) is 0 Å². The van der Waals surface area contributed by atoms with Crippen LogP contribution < -0.4 is 10.9 Å². The highest BCUT2D eigenvalue weighted by Crippen LogP contribution is 2.25. The van der Waals surface area contributed by atoms with Crippen molar-refractivity contribution in [1.29, 1.82) is 0 Å². The number of fused-ring (bicyclic) bond motifs is 1. The summed E-state index contributed by atoms with van der Waals surface area (Å²) in [5.74, 6) is 0.414. The largest absolute Gasteiger partial charge is 0.375 e. The molecule has 2 fully saturated rings. The fourth-order valence-electron chi connectivity index (χ4n) is 3.53. The fraction of sp³-hybridized carbons (Fsp3) is 0.750. The van der Waals surface area contributed by atoms with E-state index in [2.05, 4.69) is 34.3 Å². The Morgan fingerprint density at radius 3 is 2.83 bits per heavy atom. The van der Waals surface area contributed by atoms with Crippen molar-refractivity contribution in [2.45, 2.75) is 51.8 Å². The molecule has 0 saturated carbocycles. The van der Waals surface area contributed by atoms with E-state index < -0.39 is 0 Å². The van der Waals surface area contributed by atoms with Crippen LogP contribution in [0.1, 0.15) is 31.5 Å². The summed E-state index contributed by atoms with van der Waals surface area (Å²) in [5.41, 5.74) is 1.03. The zero-order valence-electron chi connectivity index (χ0n) is 14.0. The molecule has 1 aromatic heterocycles. The first-order valence-corrected chi connectivity index (χ1v) is 8.35. The molecule has 3 rings (SSSR count). The van der Waals surface area contributed by atoms with E-state index in [0.29, 0.717) is 17.5 Å². The van der Waals surface area contributed by atoms with Gasteiger partial charge in [0, 0.05) is 36.4 Å². The molecule has 2 saturated heterocycles. The van der Waals surface area contributed by atoms with Gasteiger partial charge < -0.3 is 15.2 Å². The number of rotatable bonds is 4. The summed E-state index contributed by atoms with van der Waals surface area (Å²) in [6.07, 6.45) is 1.32. The number of carbonyl (C=O) groups is 1. The molecule has 7 heteroatoms. The Morgan fingerprint density at radius 2 is 2.17 bits per heavy atom. The van der Waals surface area contributed by atoms with Crippen molar-refractivity contribution >= 4 is 5.91 Å². The number of amides is 1. The standard InChI is InChI=1S/C16H26N4O3/c1-9(2)14-7-20-6-11(4-12(20)8-23-14)17-15(21)5-13-10(3)18-19-16(13)22/h9,11-12,14H,4-8H2,1-3H3,(H,17,21)(H2,18,19,22)/t11-,12+,14-/m1/s1. The second-order valence-corrected chi connectivity index (χ2v) is 7.08. The van der Waals surface area contributed by atoms with Gasteiger partial charge in [-0.05, 0) is 19.3 Å². The summed E-state index contributed by atoms with van der Waals surface area (Å²) in [7, 11) is 0. The summed E-state index contributed by atoms with van der Waals surface area (Å²) in [4.78, 5) is 26.3. The third-order valence-corrected chi connectivity index (χ3v) is 4.98. The van der Waals surface area contributed by atoms with Crippen LogP contribution in [0.3, 0.4) is 0 Å². The van der Waals surface area contributed by atoms with Gasteiger partial charge in [0.05, 0.1) is 19.1 Å². The van der Waals surface area contributed by atoms with E-state index in [-0.39, 0.29) is 30.0 Å². The molecule has 3 atom stereocenters. The highest BCUT2D eigenvalue weighted by Gasteiger charge is 2.38. The molecule has 1 aromatic rings. The van der Waals surface area contributed by atoms with Crippen LogP contribution in [0.4, 0.5) is 0 Å². The number of H-pyrrole nitrogens is 2. The van der Waals surface area contributed by atoms with E-state index in [1.807, 2.05) is 0 Å². The summed E-state index contributed by atoms with van der Waals surface area (Å²) in [5, 5.41) is 8.33. The van der Waals surface area contributed by atoms with Crippen molar-refractivity contribution in [3.63, 3.8) is 0 Å². The number of aryl methyl sites for hydroxylation is 1. The Bertz CT molecular complexity index is 621. The quantitative estimate of drug-likeness (QED) is 0.737. The van der Waals surface area contributed by atoms with Crippen molar-refractivity contribution in [2.24, 2.45) is 5.92 Å². The lowest BCUT2D eigenvalue weighted by Crippen LogP contribution is -2.48. The minimum atomic E-state index is -0.213. The number of aromatic amines is 2. The molecule has 2 aliphatic rings. The van der Waals surface area contributed by atoms with Crippen LogP contribution in [0.5, 0.6) is 0 Å². The minimum Gasteiger partial charge on any atom is -0.375 e. The van der Waals surface area contributed by atoms with Gasteiger partial charge in [-0.2, -0.15) is 0 Å². The van der Waals surface area contributed by atoms with E-state index in [1.54, 1.807) is 6.92 Å². The number of nitrogens with one attached hydrogen (secondary N) is 3. The maximum Gasteiger partial charge on any atom is 0.267 e. The maximum absolute atomic E-state index is 12.2. The van der Waals surface area contributed by atoms with Crippen LogP contribution >= 0.6 is 0 Å². The second kappa shape index (κ2) is 6.49. The van der Waals surface area contributed by atoms with Gasteiger partial charge in [0.15, 0.2) is 0 Å². The van der Waals surface area contributed by atoms with Crippen molar-refractivity contribution in [3.05, 3.63) is 21.6 Å². The fourth-order valence-corrected chi connectivity index (χ4v) is 3.53. The Morgan fingerprint density at radius 1 is 1.39 bits per heavy atom. The molecule has 7 nitrogen and oxygen atoms in total. The zero-order valence-corrected chi connectivity index (χ0v) is 14.0. The van der Waals surface area contributed by atoms with Gasteiger partial charge in [0.25, 0.3) is 5.56 Å². The van der Waals surface area contributed by atoms with Gasteiger partial charge >= 0.3 is 0 Å². The summed E-state index contributed by atoms with van der Waals surface area (Å²) in [6, 6.07) is 0.535. The Hall–Kier alpha value is -1.60. The van der Waals surface area contributed by atoms with Gasteiger partial charge in [-0.3, -0.25) is 19.6 Å². The predicted octanol–water partition coefficient (Wildman–Crippen LogP) is 0.168. The van der Waals surface area contributed by atoms with Gasteiger partial charge in [-0.1, -0.05) is 13.8 Å². The number of hydrogen-bond donors (Lipinski definition) is 3. The highest BCUT2D eigenvalue weighted by molar-refractivity contribution is 5.79. The van der Waals surface area contributed by atoms with Gasteiger partial charge in [-0.15, -0.1) is 0 Å². The smallest absolute Gasteiger partial charge is 0.267 e. The SMILES string of the molecule is Cc1[nH][nH]c(=O)c1CC(=O)N[C@@H]1C[C@H]2CO[C@@H](C(C)C)CN2C1. The van der Waals surface area contributed by atoms with E-state index >= 15 is 0 Å². The number of nitrogens with zero attached hydrogens (tertiary/aromatic N) is 1. The number of aromatic nitrogens is 2. The van der Waals surface area contributed by atoms with E-state index in [9.17, 15) is 9.59 Å². The average molecular weight is 322 g/mol. The highest BCUT2D eigenvalue weighted by atomic mass is 16.5. The predicted molar refractivity (Wildman–Crippen MR) is 86.3 cm³/mol. The number of hydrogen-bond acceptors (Lipinski definition) is 4. The van der Waals surface area contributed by atoms with E-state index in [4.69, 9.17) is 4.74 Å². The number of morpholine rings is 1. The van der Waals surface area contributed by atoms with Crippen LogP contribution in [0, 0.1) is 12.8 Å². The summed E-state index contributed by atoms with van der Waals surface area (Å²) < 4.78 is 5.92. The molecule has 0 bridgehead atoms. The molecule has 0 aliphatic carbocycles. The van der Waals surface area contributed by atoms with Gasteiger partial charge in [0.2, 0.25) is 5.91 Å². The van der Waals surface area contributed by atoms with E-state index in [1.165, 1.54) is 0 Å². The van der Waals surface area contributed by atoms with Crippen LogP contribution in [-0.4, -0.2) is 58.9 Å². The maximum atomic E-state index is 12.2. The van der Waals surface area contributed by atoms with Crippen LogP contribution in [0.15, 0.2) is 4.79 Å². The molecule has 0 spiro atoms. The van der Waals surface area contributed by atoms with Crippen LogP contribution in [0.2, 0.25) is 0 Å². The Kier molecular flexibility index (Phi) is 4.59. The topological polar surface area (TPSA) is 90.2 Å². The van der Waals surface area contributed by atoms with Crippen molar-refractivity contribution in [1.82, 2.24) is 20.4 Å². The van der Waals surface area contributed by atoms with Gasteiger partial charge in [-0.25, -0.2) is 0 Å². The van der Waals surface area contributed by atoms with Crippen LogP contribution in [-0.2, 0) is 16.0 Å². The first-order chi connectivity index (χ1) is 10.9. The molecular weight excluding hydrogens is 296 g/mol. The monoisotopic (exact) mass is 322 g/mol. The molecule has 3 N–H and O–H groups in total. The normalized spacial score (nSPS) is 28.1. The zero-order chi connectivity index (χ0) is 16.6. The van der Waals surface area contributed by atoms with Crippen molar-refractivity contribution < 1.29 is 9.53 Å². The molecular formula is C16H26N4O3. The van der Waals surface area contributed by atoms with Gasteiger partial charge in [0.1, 0.15) is 0 Å². The van der Waals surface area contributed by atoms with E-state index in [0.717, 1.165) is 31.8 Å². The third-order valence-electron chi connectivity index (χ3n) is 4.98. The summed E-state index contributed by atoms with van der Waals surface area (Å²) in [6.45, 7) is 8.69. The third kappa shape index (κ3) is 3.50. The molecule has 0 unspecified atom stereocenters. The van der Waals surface area contributed by atoms with Crippen molar-refractivity contribution in [2.75, 3.05) is 19.7 Å². The molecule has 0 radical (unpaired) electrons. The number of carbonyl (C=O) groups excluding carboxylic acids is 1. The molecule has 23 heavy (non-hydrogen) atoms. The van der Waals surface area contributed by atoms with Crippen LogP contribution in [0.25, 0.3) is 0 Å². The molecule has 0 aromatic carbocycles. The lowest BCUT2D eigenvalue weighted by molar-refractivity contribution is -0.121. The average Bonchev–Trinajstić information content (AvgIpc) is 3.03. The first kappa shape index (κ1) is 16.3. The first-order valence-electron chi connectivity index (χ1n) is 8.35. The molecule has 128 valence electrons. The minimum absolute atomic E-state index is 0.0932. The number of ether oxygens (including phenoxy) is 1. The summed E-state index contributed by atoms with van der Waals surface area (Å²) >= 11 is 0. The molecule has 3 heterocycles. The second-order valence-electron chi connectivity index (χ2n) is 7.08.